The summed E-state index contributed by atoms with van der Waals surface area (Å²) in [5.41, 5.74) is -0.193. The van der Waals surface area contributed by atoms with Crippen molar-refractivity contribution < 1.29 is 17.6 Å². The van der Waals surface area contributed by atoms with Crippen molar-refractivity contribution in [2.75, 3.05) is 0 Å². The van der Waals surface area contributed by atoms with E-state index in [1.54, 1.807) is 19.1 Å². The Morgan fingerprint density at radius 3 is 2.41 bits per heavy atom. The number of aryl methyl sites for hydroxylation is 1. The van der Waals surface area contributed by atoms with Crippen molar-refractivity contribution >= 4 is 5.84 Å². The number of benzene rings is 1. The number of aliphatic imine (C=N–C) groups is 1. The molecule has 0 saturated carbocycles. The van der Waals surface area contributed by atoms with Crippen molar-refractivity contribution in [3.05, 3.63) is 99.2 Å². The predicted octanol–water partition coefficient (Wildman–Crippen LogP) is 4.16. The van der Waals surface area contributed by atoms with Crippen LogP contribution in [0.15, 0.2) is 64.6 Å². The van der Waals surface area contributed by atoms with Gasteiger partial charge in [-0.15, -0.1) is 0 Å². The van der Waals surface area contributed by atoms with Crippen LogP contribution in [-0.4, -0.2) is 21.4 Å². The number of halogens is 4. The number of hydrogen-bond donors (Lipinski definition) is 1. The summed E-state index contributed by atoms with van der Waals surface area (Å²) < 4.78 is 54.4. The van der Waals surface area contributed by atoms with Crippen LogP contribution in [-0.2, 0) is 12.0 Å². The van der Waals surface area contributed by atoms with E-state index in [-0.39, 0.29) is 17.8 Å². The molecule has 0 saturated heterocycles. The highest BCUT2D eigenvalue weighted by Crippen LogP contribution is 2.40. The van der Waals surface area contributed by atoms with Crippen LogP contribution in [0.5, 0.6) is 0 Å². The molecular formula is C23H20F4N4O. The second kappa shape index (κ2) is 8.22. The summed E-state index contributed by atoms with van der Waals surface area (Å²) in [4.78, 5) is 20.8. The molecule has 2 atom stereocenters. The molecule has 9 heteroatoms. The molecule has 166 valence electrons. The molecular weight excluding hydrogens is 424 g/mol. The van der Waals surface area contributed by atoms with Gasteiger partial charge in [-0.25, -0.2) is 14.4 Å². The number of hydrogen-bond acceptors (Lipinski definition) is 4. The summed E-state index contributed by atoms with van der Waals surface area (Å²) >= 11 is 0. The van der Waals surface area contributed by atoms with Crippen LogP contribution < -0.4 is 10.9 Å². The molecule has 3 aromatic rings. The molecule has 2 aromatic heterocycles. The first kappa shape index (κ1) is 21.7. The van der Waals surface area contributed by atoms with Gasteiger partial charge >= 0.3 is 6.55 Å². The van der Waals surface area contributed by atoms with Crippen LogP contribution in [0.4, 0.5) is 17.6 Å². The monoisotopic (exact) mass is 444 g/mol. The summed E-state index contributed by atoms with van der Waals surface area (Å²) in [6.07, 6.45) is 2.68. The zero-order chi connectivity index (χ0) is 23.0. The van der Waals surface area contributed by atoms with Gasteiger partial charge in [0.1, 0.15) is 17.2 Å². The summed E-state index contributed by atoms with van der Waals surface area (Å²) in [6.45, 7) is 0.526. The first-order valence-corrected chi connectivity index (χ1v) is 10.0. The number of amidine groups is 1. The molecule has 1 aliphatic rings. The zero-order valence-corrected chi connectivity index (χ0v) is 17.3. The third-order valence-corrected chi connectivity index (χ3v) is 5.70. The van der Waals surface area contributed by atoms with Crippen molar-refractivity contribution in [3.8, 4) is 0 Å². The van der Waals surface area contributed by atoms with Crippen LogP contribution in [0.2, 0.25) is 0 Å². The molecule has 4 rings (SSSR count). The Bertz CT molecular complexity index is 1170. The molecule has 1 aromatic carbocycles. The molecule has 1 N–H and O–H groups in total. The number of pyridine rings is 2. The van der Waals surface area contributed by atoms with Gasteiger partial charge in [-0.05, 0) is 43.2 Å². The molecule has 0 radical (unpaired) electrons. The number of nitrogens with one attached hydrogen (secondary N) is 1. The van der Waals surface area contributed by atoms with Crippen LogP contribution in [0, 0.1) is 11.8 Å². The third kappa shape index (κ3) is 3.57. The van der Waals surface area contributed by atoms with Crippen molar-refractivity contribution in [2.24, 2.45) is 4.99 Å². The molecule has 0 amide bonds. The van der Waals surface area contributed by atoms with Gasteiger partial charge in [0.2, 0.25) is 5.95 Å². The second-order valence-electron chi connectivity index (χ2n) is 7.57. The molecule has 0 bridgehead atoms. The molecule has 3 heterocycles. The Balaban J connectivity index is 1.94. The molecule has 5 nitrogen and oxygen atoms in total. The van der Waals surface area contributed by atoms with Gasteiger partial charge in [-0.2, -0.15) is 13.2 Å². The van der Waals surface area contributed by atoms with Crippen LogP contribution in [0.3, 0.4) is 0 Å². The van der Waals surface area contributed by atoms with Crippen molar-refractivity contribution in [2.45, 2.75) is 38.4 Å². The Morgan fingerprint density at radius 1 is 1.12 bits per heavy atom. The molecule has 0 aliphatic carbocycles. The Kier molecular flexibility index (Phi) is 5.58. The highest BCUT2D eigenvalue weighted by Gasteiger charge is 2.45. The fraction of sp³-hybridized carbons (Fsp3) is 0.261. The van der Waals surface area contributed by atoms with E-state index >= 15 is 0 Å². The SMILES string of the molecule is CCc1cc(C2=NC(c3ccc(F)cc3)(c3ccc(F)nc3)C(C)N2)cn(C(F)F)c1=O. The standard InChI is InChI=1S/C23H20F4N4O/c1-3-14-10-15(12-31(21(14)32)22(26)27)20-29-13(2)23(30-20,16-4-7-18(24)8-5-16)17-6-9-19(25)28-11-17/h4-13,22H,3H2,1-2H3,(H,29,30). The van der Waals surface area contributed by atoms with E-state index in [2.05, 4.69) is 10.3 Å². The largest absolute Gasteiger partial charge is 0.364 e. The topological polar surface area (TPSA) is 59.3 Å². The van der Waals surface area contributed by atoms with Crippen LogP contribution in [0.1, 0.15) is 42.7 Å². The van der Waals surface area contributed by atoms with E-state index < -0.39 is 35.5 Å². The summed E-state index contributed by atoms with van der Waals surface area (Å²) in [6, 6.07) is 9.57. The number of rotatable bonds is 5. The van der Waals surface area contributed by atoms with E-state index in [0.717, 1.165) is 6.20 Å². The first-order valence-electron chi connectivity index (χ1n) is 10.0. The van der Waals surface area contributed by atoms with Crippen LogP contribution in [0.25, 0.3) is 0 Å². The third-order valence-electron chi connectivity index (χ3n) is 5.70. The minimum atomic E-state index is -3.00. The second-order valence-corrected chi connectivity index (χ2v) is 7.57. The lowest BCUT2D eigenvalue weighted by atomic mass is 9.79. The molecule has 0 spiro atoms. The summed E-state index contributed by atoms with van der Waals surface area (Å²) in [7, 11) is 0. The van der Waals surface area contributed by atoms with E-state index in [0.29, 0.717) is 21.3 Å². The van der Waals surface area contributed by atoms with Gasteiger partial charge < -0.3 is 5.32 Å². The predicted molar refractivity (Wildman–Crippen MR) is 112 cm³/mol. The minimum Gasteiger partial charge on any atom is -0.364 e. The molecule has 0 fully saturated rings. The zero-order valence-electron chi connectivity index (χ0n) is 17.3. The fourth-order valence-corrected chi connectivity index (χ4v) is 4.05. The smallest absolute Gasteiger partial charge is 0.321 e. The Hall–Kier alpha value is -3.49. The number of nitrogens with zero attached hydrogens (tertiary/aromatic N) is 3. The van der Waals surface area contributed by atoms with E-state index in [1.807, 2.05) is 6.92 Å². The average molecular weight is 444 g/mol. The van der Waals surface area contributed by atoms with Crippen molar-refractivity contribution in [3.63, 3.8) is 0 Å². The lowest BCUT2D eigenvalue weighted by molar-refractivity contribution is 0.0660. The first-order chi connectivity index (χ1) is 15.3. The van der Waals surface area contributed by atoms with E-state index in [4.69, 9.17) is 4.99 Å². The van der Waals surface area contributed by atoms with Gasteiger partial charge in [0.25, 0.3) is 5.56 Å². The maximum absolute atomic E-state index is 13.6. The Labute approximate surface area is 181 Å². The maximum Gasteiger partial charge on any atom is 0.321 e. The lowest BCUT2D eigenvalue weighted by Crippen LogP contribution is -2.41. The Morgan fingerprint density at radius 2 is 1.81 bits per heavy atom. The fourth-order valence-electron chi connectivity index (χ4n) is 4.05. The van der Waals surface area contributed by atoms with Gasteiger partial charge in [0.15, 0.2) is 0 Å². The number of aromatic nitrogens is 2. The van der Waals surface area contributed by atoms with Gasteiger partial charge in [0.05, 0.1) is 6.04 Å². The highest BCUT2D eigenvalue weighted by atomic mass is 19.3. The quantitative estimate of drug-likeness (QED) is 0.475. The highest BCUT2D eigenvalue weighted by molar-refractivity contribution is 6.01. The molecule has 1 aliphatic heterocycles. The van der Waals surface area contributed by atoms with E-state index in [9.17, 15) is 22.4 Å². The normalized spacial score (nSPS) is 20.3. The van der Waals surface area contributed by atoms with Gasteiger partial charge in [-0.1, -0.05) is 25.1 Å². The van der Waals surface area contributed by atoms with E-state index in [1.165, 1.54) is 36.5 Å². The molecule has 32 heavy (non-hydrogen) atoms. The van der Waals surface area contributed by atoms with Gasteiger partial charge in [0, 0.05) is 29.1 Å². The molecule has 2 unspecified atom stereocenters. The van der Waals surface area contributed by atoms with Crippen molar-refractivity contribution in [1.82, 2.24) is 14.9 Å². The average Bonchev–Trinajstić information content (AvgIpc) is 3.12. The van der Waals surface area contributed by atoms with Gasteiger partial charge in [-0.3, -0.25) is 9.36 Å². The summed E-state index contributed by atoms with van der Waals surface area (Å²) in [5, 5.41) is 3.20. The minimum absolute atomic E-state index is 0.225. The van der Waals surface area contributed by atoms with Crippen molar-refractivity contribution in [1.29, 1.82) is 0 Å². The number of alkyl halides is 2. The summed E-state index contributed by atoms with van der Waals surface area (Å²) in [5.74, 6) is -0.807. The lowest BCUT2D eigenvalue weighted by Gasteiger charge is -2.31. The maximum atomic E-state index is 13.6. The van der Waals surface area contributed by atoms with Crippen LogP contribution >= 0.6 is 0 Å².